The number of piperidine rings is 1. The van der Waals surface area contributed by atoms with Crippen molar-refractivity contribution in [2.24, 2.45) is 5.92 Å². The Morgan fingerprint density at radius 3 is 2.67 bits per heavy atom. The first-order valence-corrected chi connectivity index (χ1v) is 9.91. The Kier molecular flexibility index (Phi) is 5.35. The molecule has 1 aliphatic rings. The van der Waals surface area contributed by atoms with E-state index < -0.39 is 0 Å². The van der Waals surface area contributed by atoms with E-state index in [1.165, 1.54) is 11.1 Å². The Labute approximate surface area is 160 Å². The first-order chi connectivity index (χ1) is 13.2. The van der Waals surface area contributed by atoms with Crippen LogP contribution < -0.4 is 0 Å². The molecule has 1 N–H and O–H groups in total. The lowest BCUT2D eigenvalue weighted by molar-refractivity contribution is -0.124. The number of hydrogen-bond donors (Lipinski definition) is 1. The van der Waals surface area contributed by atoms with Crippen molar-refractivity contribution in [2.75, 3.05) is 13.1 Å². The number of likely N-dealkylation sites (tertiary alicyclic amines) is 1. The Morgan fingerprint density at radius 2 is 1.89 bits per heavy atom. The molecule has 0 saturated carbocycles. The van der Waals surface area contributed by atoms with Crippen LogP contribution >= 0.6 is 0 Å². The number of hydrogen-bond acceptors (Lipinski definition) is 3. The van der Waals surface area contributed by atoms with Crippen molar-refractivity contribution in [1.29, 1.82) is 0 Å². The minimum atomic E-state index is 0.232. The molecule has 0 radical (unpaired) electrons. The lowest BCUT2D eigenvalue weighted by Gasteiger charge is -2.31. The van der Waals surface area contributed by atoms with Crippen LogP contribution in [0.2, 0.25) is 0 Å². The number of fused-ring (bicyclic) bond motifs is 1. The number of ketones is 1. The number of H-pyrrole nitrogens is 1. The van der Waals surface area contributed by atoms with Gasteiger partial charge in [0.1, 0.15) is 11.6 Å². The second-order valence-electron chi connectivity index (χ2n) is 7.68. The molecule has 2 heterocycles. The van der Waals surface area contributed by atoms with Gasteiger partial charge in [-0.2, -0.15) is 0 Å². The topological polar surface area (TPSA) is 49.0 Å². The van der Waals surface area contributed by atoms with Crippen LogP contribution in [-0.2, 0) is 17.8 Å². The highest BCUT2D eigenvalue weighted by Gasteiger charge is 2.24. The molecular weight excluding hydrogens is 334 g/mol. The molecule has 0 bridgehead atoms. The molecule has 4 nitrogen and oxygen atoms in total. The van der Waals surface area contributed by atoms with Crippen molar-refractivity contribution in [1.82, 2.24) is 14.9 Å². The van der Waals surface area contributed by atoms with Gasteiger partial charge in [-0.15, -0.1) is 0 Å². The van der Waals surface area contributed by atoms with Gasteiger partial charge in [-0.3, -0.25) is 9.69 Å². The summed E-state index contributed by atoms with van der Waals surface area (Å²) < 4.78 is 0. The zero-order chi connectivity index (χ0) is 18.6. The molecule has 2 aromatic carbocycles. The average molecular weight is 361 g/mol. The number of nitrogens with one attached hydrogen (secondary N) is 1. The van der Waals surface area contributed by atoms with Gasteiger partial charge in [0.2, 0.25) is 0 Å². The molecule has 4 rings (SSSR count). The average Bonchev–Trinajstić information content (AvgIpc) is 3.07. The summed E-state index contributed by atoms with van der Waals surface area (Å²) in [5.74, 6) is 1.59. The van der Waals surface area contributed by atoms with E-state index in [1.54, 1.807) is 0 Å². The number of nitrogens with zero attached hydrogens (tertiary/aromatic N) is 2. The molecule has 0 unspecified atom stereocenters. The Balaban J connectivity index is 1.26. The summed E-state index contributed by atoms with van der Waals surface area (Å²) in [5.41, 5.74) is 4.62. The predicted octanol–water partition coefficient (Wildman–Crippen LogP) is 4.29. The second kappa shape index (κ2) is 8.05. The molecule has 3 aromatic rings. The third-order valence-corrected chi connectivity index (χ3v) is 5.62. The number of carbonyl (C=O) groups is 1. The van der Waals surface area contributed by atoms with Gasteiger partial charge < -0.3 is 4.98 Å². The number of Topliss-reactive ketones (excluding diaryl/α,β-unsaturated/α-hetero) is 1. The van der Waals surface area contributed by atoms with E-state index in [9.17, 15) is 4.79 Å². The van der Waals surface area contributed by atoms with Crippen molar-refractivity contribution >= 4 is 16.8 Å². The SMILES string of the molecule is Cc1nc2ccc(CCC(=O)C3CCN(Cc4ccccc4)CC3)cc2[nH]1. The summed E-state index contributed by atoms with van der Waals surface area (Å²) in [5, 5.41) is 0. The fourth-order valence-electron chi connectivity index (χ4n) is 4.07. The van der Waals surface area contributed by atoms with Crippen LogP contribution in [0.5, 0.6) is 0 Å². The quantitative estimate of drug-likeness (QED) is 0.713. The summed E-state index contributed by atoms with van der Waals surface area (Å²) in [6.07, 6.45) is 3.44. The molecule has 27 heavy (non-hydrogen) atoms. The van der Waals surface area contributed by atoms with Gasteiger partial charge in [0.05, 0.1) is 11.0 Å². The number of aromatic nitrogens is 2. The highest BCUT2D eigenvalue weighted by Crippen LogP contribution is 2.22. The number of imidazole rings is 1. The van der Waals surface area contributed by atoms with Crippen LogP contribution in [0.4, 0.5) is 0 Å². The molecule has 0 aliphatic carbocycles. The maximum absolute atomic E-state index is 12.7. The summed E-state index contributed by atoms with van der Waals surface area (Å²) in [4.78, 5) is 22.8. The van der Waals surface area contributed by atoms with E-state index in [0.717, 1.165) is 55.8 Å². The van der Waals surface area contributed by atoms with Gasteiger partial charge in [0.15, 0.2) is 0 Å². The number of benzene rings is 2. The number of aromatic amines is 1. The Hall–Kier alpha value is -2.46. The maximum atomic E-state index is 12.7. The van der Waals surface area contributed by atoms with E-state index in [4.69, 9.17) is 0 Å². The molecule has 0 spiro atoms. The Morgan fingerprint density at radius 1 is 1.11 bits per heavy atom. The van der Waals surface area contributed by atoms with E-state index in [1.807, 2.05) is 13.0 Å². The molecule has 1 aliphatic heterocycles. The zero-order valence-electron chi connectivity index (χ0n) is 15.9. The van der Waals surface area contributed by atoms with Gasteiger partial charge >= 0.3 is 0 Å². The summed E-state index contributed by atoms with van der Waals surface area (Å²) in [6, 6.07) is 16.9. The zero-order valence-corrected chi connectivity index (χ0v) is 15.9. The standard InChI is InChI=1S/C23H27N3O/c1-17-24-21-9-7-18(15-22(21)25-17)8-10-23(27)20-11-13-26(14-12-20)16-19-5-3-2-4-6-19/h2-7,9,15,20H,8,10-14,16H2,1H3,(H,24,25). The van der Waals surface area contributed by atoms with Crippen molar-refractivity contribution < 1.29 is 4.79 Å². The van der Waals surface area contributed by atoms with Crippen LogP contribution in [0.25, 0.3) is 11.0 Å². The third kappa shape index (κ3) is 4.45. The van der Waals surface area contributed by atoms with Crippen molar-refractivity contribution in [3.63, 3.8) is 0 Å². The number of aryl methyl sites for hydroxylation is 2. The molecule has 140 valence electrons. The minimum Gasteiger partial charge on any atom is -0.342 e. The van der Waals surface area contributed by atoms with E-state index in [2.05, 4.69) is 57.3 Å². The van der Waals surface area contributed by atoms with Crippen LogP contribution in [0.3, 0.4) is 0 Å². The first kappa shape index (κ1) is 17.9. The van der Waals surface area contributed by atoms with E-state index in [0.29, 0.717) is 12.2 Å². The van der Waals surface area contributed by atoms with Gasteiger partial charge in [-0.05, 0) is 62.5 Å². The Bertz CT molecular complexity index is 908. The van der Waals surface area contributed by atoms with Crippen LogP contribution in [0.15, 0.2) is 48.5 Å². The van der Waals surface area contributed by atoms with E-state index in [-0.39, 0.29) is 5.92 Å². The van der Waals surface area contributed by atoms with Crippen LogP contribution in [0.1, 0.15) is 36.2 Å². The van der Waals surface area contributed by atoms with E-state index >= 15 is 0 Å². The van der Waals surface area contributed by atoms with Gasteiger partial charge in [-0.1, -0.05) is 36.4 Å². The molecule has 1 aromatic heterocycles. The van der Waals surface area contributed by atoms with Gasteiger partial charge in [0, 0.05) is 18.9 Å². The molecule has 1 saturated heterocycles. The summed E-state index contributed by atoms with van der Waals surface area (Å²) in [6.45, 7) is 4.99. The van der Waals surface area contributed by atoms with Crippen molar-refractivity contribution in [3.05, 3.63) is 65.5 Å². The fraction of sp³-hybridized carbons (Fsp3) is 0.391. The molecule has 1 fully saturated rings. The molecular formula is C23H27N3O. The van der Waals surface area contributed by atoms with Crippen LogP contribution in [-0.4, -0.2) is 33.7 Å². The minimum absolute atomic E-state index is 0.232. The van der Waals surface area contributed by atoms with Crippen LogP contribution in [0, 0.1) is 12.8 Å². The molecule has 0 amide bonds. The first-order valence-electron chi connectivity index (χ1n) is 9.91. The summed E-state index contributed by atoms with van der Waals surface area (Å²) >= 11 is 0. The van der Waals surface area contributed by atoms with Gasteiger partial charge in [-0.25, -0.2) is 4.98 Å². The fourth-order valence-corrected chi connectivity index (χ4v) is 4.07. The maximum Gasteiger partial charge on any atom is 0.136 e. The van der Waals surface area contributed by atoms with Crippen molar-refractivity contribution in [2.45, 2.75) is 39.2 Å². The highest BCUT2D eigenvalue weighted by atomic mass is 16.1. The largest absolute Gasteiger partial charge is 0.342 e. The lowest BCUT2D eigenvalue weighted by atomic mass is 9.89. The molecule has 0 atom stereocenters. The third-order valence-electron chi connectivity index (χ3n) is 5.62. The smallest absolute Gasteiger partial charge is 0.136 e. The lowest BCUT2D eigenvalue weighted by Crippen LogP contribution is -2.36. The number of rotatable bonds is 6. The number of carbonyl (C=O) groups excluding carboxylic acids is 1. The monoisotopic (exact) mass is 361 g/mol. The summed E-state index contributed by atoms with van der Waals surface area (Å²) in [7, 11) is 0. The highest BCUT2D eigenvalue weighted by molar-refractivity contribution is 5.81. The predicted molar refractivity (Wildman–Crippen MR) is 109 cm³/mol. The van der Waals surface area contributed by atoms with Gasteiger partial charge in [0.25, 0.3) is 0 Å². The van der Waals surface area contributed by atoms with Crippen molar-refractivity contribution in [3.8, 4) is 0 Å². The second-order valence-corrected chi connectivity index (χ2v) is 7.68. The normalized spacial score (nSPS) is 16.0. The molecule has 4 heteroatoms.